The molecule has 3 rings (SSSR count). The van der Waals surface area contributed by atoms with Crippen molar-refractivity contribution in [3.63, 3.8) is 0 Å². The fourth-order valence-corrected chi connectivity index (χ4v) is 3.50. The lowest BCUT2D eigenvalue weighted by molar-refractivity contribution is -0.140. The molecule has 0 spiro atoms. The molecule has 0 fully saturated rings. The van der Waals surface area contributed by atoms with Gasteiger partial charge < -0.3 is 15.3 Å². The molecule has 1 aliphatic heterocycles. The predicted molar refractivity (Wildman–Crippen MR) is 107 cm³/mol. The first-order valence-corrected chi connectivity index (χ1v) is 9.82. The van der Waals surface area contributed by atoms with E-state index in [-0.39, 0.29) is 18.4 Å². The first-order valence-electron chi connectivity index (χ1n) is 9.02. The van der Waals surface area contributed by atoms with Crippen molar-refractivity contribution < 1.29 is 14.7 Å². The van der Waals surface area contributed by atoms with Gasteiger partial charge in [-0.15, -0.1) is 0 Å². The van der Waals surface area contributed by atoms with E-state index in [1.807, 2.05) is 49.4 Å². The average molecular weight is 431 g/mol. The average Bonchev–Trinajstić information content (AvgIpc) is 2.67. The number of halogens is 1. The summed E-state index contributed by atoms with van der Waals surface area (Å²) in [5, 5.41) is 13.0. The van der Waals surface area contributed by atoms with Gasteiger partial charge in [0, 0.05) is 17.6 Å². The SMILES string of the molecule is C[C@@H](NC(=O)[C@H](O)CC(=O)N1CCc2ccccc2C1)c1ccc(Br)cc1. The molecule has 1 heterocycles. The predicted octanol–water partition coefficient (Wildman–Crippen LogP) is 2.96. The van der Waals surface area contributed by atoms with Crippen LogP contribution in [0.4, 0.5) is 0 Å². The highest BCUT2D eigenvalue weighted by molar-refractivity contribution is 9.10. The molecule has 27 heavy (non-hydrogen) atoms. The number of carbonyl (C=O) groups excluding carboxylic acids is 2. The van der Waals surface area contributed by atoms with E-state index in [9.17, 15) is 14.7 Å². The van der Waals surface area contributed by atoms with Crippen molar-refractivity contribution in [3.8, 4) is 0 Å². The van der Waals surface area contributed by atoms with E-state index < -0.39 is 12.0 Å². The normalized spacial score (nSPS) is 15.6. The van der Waals surface area contributed by atoms with Crippen molar-refractivity contribution in [1.29, 1.82) is 0 Å². The van der Waals surface area contributed by atoms with Crippen LogP contribution in [0.15, 0.2) is 53.0 Å². The van der Waals surface area contributed by atoms with Crippen LogP contribution in [-0.2, 0) is 22.6 Å². The third-order valence-corrected chi connectivity index (χ3v) is 5.41. The Kier molecular flexibility index (Phi) is 6.29. The summed E-state index contributed by atoms with van der Waals surface area (Å²) in [4.78, 5) is 26.5. The topological polar surface area (TPSA) is 69.6 Å². The van der Waals surface area contributed by atoms with Crippen molar-refractivity contribution >= 4 is 27.7 Å². The number of hydrogen-bond acceptors (Lipinski definition) is 3. The highest BCUT2D eigenvalue weighted by Gasteiger charge is 2.26. The van der Waals surface area contributed by atoms with Gasteiger partial charge in [0.05, 0.1) is 12.5 Å². The van der Waals surface area contributed by atoms with E-state index in [4.69, 9.17) is 0 Å². The Hall–Kier alpha value is -2.18. The number of benzene rings is 2. The maximum absolute atomic E-state index is 12.5. The minimum atomic E-state index is -1.35. The molecule has 142 valence electrons. The molecule has 2 aromatic carbocycles. The molecule has 0 saturated heterocycles. The standard InChI is InChI=1S/C21H23BrN2O3/c1-14(15-6-8-18(22)9-7-15)23-21(27)19(25)12-20(26)24-11-10-16-4-2-3-5-17(16)13-24/h2-9,14,19,25H,10-13H2,1H3,(H,23,27)/t14-,19-/m1/s1. The number of amides is 2. The molecular weight excluding hydrogens is 408 g/mol. The van der Waals surface area contributed by atoms with Crippen LogP contribution in [0.5, 0.6) is 0 Å². The van der Waals surface area contributed by atoms with Crippen molar-refractivity contribution in [1.82, 2.24) is 10.2 Å². The van der Waals surface area contributed by atoms with Gasteiger partial charge in [0.2, 0.25) is 11.8 Å². The summed E-state index contributed by atoms with van der Waals surface area (Å²) in [6.45, 7) is 2.98. The highest BCUT2D eigenvalue weighted by atomic mass is 79.9. The summed E-state index contributed by atoms with van der Waals surface area (Å²) in [5.74, 6) is -0.736. The van der Waals surface area contributed by atoms with Crippen LogP contribution < -0.4 is 5.32 Å². The molecule has 0 saturated carbocycles. The molecule has 1 aliphatic rings. The summed E-state index contributed by atoms with van der Waals surface area (Å²) in [6, 6.07) is 15.4. The van der Waals surface area contributed by atoms with Gasteiger partial charge in [-0.1, -0.05) is 52.3 Å². The van der Waals surface area contributed by atoms with Crippen LogP contribution in [0.2, 0.25) is 0 Å². The summed E-state index contributed by atoms with van der Waals surface area (Å²) >= 11 is 3.37. The van der Waals surface area contributed by atoms with Gasteiger partial charge >= 0.3 is 0 Å². The van der Waals surface area contributed by atoms with Crippen molar-refractivity contribution in [2.45, 2.75) is 38.5 Å². The van der Waals surface area contributed by atoms with Crippen molar-refractivity contribution in [2.75, 3.05) is 6.54 Å². The van der Waals surface area contributed by atoms with Crippen LogP contribution in [0.1, 0.15) is 36.1 Å². The van der Waals surface area contributed by atoms with Gasteiger partial charge in [-0.25, -0.2) is 0 Å². The molecule has 6 heteroatoms. The summed E-state index contributed by atoms with van der Waals surface area (Å²) in [7, 11) is 0. The second-order valence-electron chi connectivity index (χ2n) is 6.84. The van der Waals surface area contributed by atoms with Gasteiger partial charge in [0.15, 0.2) is 0 Å². The third-order valence-electron chi connectivity index (χ3n) is 4.88. The lowest BCUT2D eigenvalue weighted by Crippen LogP contribution is -2.42. The number of nitrogens with zero attached hydrogens (tertiary/aromatic N) is 1. The molecule has 0 bridgehead atoms. The molecule has 0 unspecified atom stereocenters. The summed E-state index contributed by atoms with van der Waals surface area (Å²) < 4.78 is 0.957. The zero-order valence-corrected chi connectivity index (χ0v) is 16.8. The number of nitrogens with one attached hydrogen (secondary N) is 1. The van der Waals surface area contributed by atoms with Gasteiger partial charge in [0.1, 0.15) is 6.10 Å². The van der Waals surface area contributed by atoms with Crippen LogP contribution >= 0.6 is 15.9 Å². The van der Waals surface area contributed by atoms with E-state index in [1.165, 1.54) is 5.56 Å². The van der Waals surface area contributed by atoms with Crippen molar-refractivity contribution in [3.05, 3.63) is 69.7 Å². The maximum atomic E-state index is 12.5. The Bertz CT molecular complexity index is 822. The van der Waals surface area contributed by atoms with Crippen LogP contribution in [-0.4, -0.2) is 34.5 Å². The van der Waals surface area contributed by atoms with Crippen molar-refractivity contribution in [2.24, 2.45) is 0 Å². The Morgan fingerprint density at radius 2 is 1.81 bits per heavy atom. The zero-order valence-electron chi connectivity index (χ0n) is 15.2. The number of aliphatic hydroxyl groups excluding tert-OH is 1. The molecule has 2 N–H and O–H groups in total. The lowest BCUT2D eigenvalue weighted by Gasteiger charge is -2.29. The number of aliphatic hydroxyl groups is 1. The van der Waals surface area contributed by atoms with Crippen LogP contribution in [0, 0.1) is 0 Å². The largest absolute Gasteiger partial charge is 0.383 e. The summed E-state index contributed by atoms with van der Waals surface area (Å²) in [6.07, 6.45) is -0.765. The smallest absolute Gasteiger partial charge is 0.249 e. The fraction of sp³-hybridized carbons (Fsp3) is 0.333. The van der Waals surface area contributed by atoms with E-state index in [0.717, 1.165) is 22.0 Å². The molecule has 0 aliphatic carbocycles. The second-order valence-corrected chi connectivity index (χ2v) is 7.75. The number of hydrogen-bond donors (Lipinski definition) is 2. The van der Waals surface area contributed by atoms with Crippen LogP contribution in [0.25, 0.3) is 0 Å². The minimum Gasteiger partial charge on any atom is -0.383 e. The number of rotatable bonds is 5. The van der Waals surface area contributed by atoms with Crippen LogP contribution in [0.3, 0.4) is 0 Å². The molecule has 2 amide bonds. The zero-order chi connectivity index (χ0) is 19.4. The number of carbonyl (C=O) groups is 2. The van der Waals surface area contributed by atoms with E-state index in [1.54, 1.807) is 4.90 Å². The summed E-state index contributed by atoms with van der Waals surface area (Å²) in [5.41, 5.74) is 3.31. The molecule has 5 nitrogen and oxygen atoms in total. The number of fused-ring (bicyclic) bond motifs is 1. The monoisotopic (exact) mass is 430 g/mol. The van der Waals surface area contributed by atoms with E-state index >= 15 is 0 Å². The second kappa shape index (κ2) is 8.67. The van der Waals surface area contributed by atoms with Gasteiger partial charge in [0.25, 0.3) is 0 Å². The first kappa shape index (κ1) is 19.6. The Balaban J connectivity index is 1.53. The van der Waals surface area contributed by atoms with E-state index in [0.29, 0.717) is 13.1 Å². The van der Waals surface area contributed by atoms with Gasteiger partial charge in [-0.05, 0) is 42.2 Å². The van der Waals surface area contributed by atoms with E-state index in [2.05, 4.69) is 27.3 Å². The highest BCUT2D eigenvalue weighted by Crippen LogP contribution is 2.20. The Morgan fingerprint density at radius 3 is 2.52 bits per heavy atom. The molecule has 2 atom stereocenters. The third kappa shape index (κ3) is 4.96. The lowest BCUT2D eigenvalue weighted by atomic mass is 9.99. The maximum Gasteiger partial charge on any atom is 0.249 e. The quantitative estimate of drug-likeness (QED) is 0.765. The van der Waals surface area contributed by atoms with Gasteiger partial charge in [-0.3, -0.25) is 9.59 Å². The van der Waals surface area contributed by atoms with Gasteiger partial charge in [-0.2, -0.15) is 0 Å². The molecule has 2 aromatic rings. The molecule has 0 aromatic heterocycles. The molecule has 0 radical (unpaired) electrons. The molecular formula is C21H23BrN2O3. The fourth-order valence-electron chi connectivity index (χ4n) is 3.24. The minimum absolute atomic E-state index is 0.205. The Labute approximate surface area is 167 Å². The Morgan fingerprint density at radius 1 is 1.15 bits per heavy atom. The first-order chi connectivity index (χ1) is 12.9.